The Morgan fingerprint density at radius 1 is 1.09 bits per heavy atom. The van der Waals surface area contributed by atoms with Crippen LogP contribution in [-0.2, 0) is 17.9 Å². The fourth-order valence-corrected chi connectivity index (χ4v) is 4.90. The minimum atomic E-state index is -0.550. The van der Waals surface area contributed by atoms with Gasteiger partial charge in [0, 0.05) is 0 Å². The lowest BCUT2D eigenvalue weighted by atomic mass is 10.1. The second-order valence-electron chi connectivity index (χ2n) is 8.14. The normalized spacial score (nSPS) is 13.1. The predicted molar refractivity (Wildman–Crippen MR) is 132 cm³/mol. The first kappa shape index (κ1) is 22.7. The van der Waals surface area contributed by atoms with E-state index >= 15 is 0 Å². The van der Waals surface area contributed by atoms with Crippen molar-refractivity contribution in [1.29, 1.82) is 0 Å². The van der Waals surface area contributed by atoms with E-state index in [0.29, 0.717) is 27.3 Å². The second-order valence-corrected chi connectivity index (χ2v) is 9.06. The van der Waals surface area contributed by atoms with Crippen LogP contribution in [-0.4, -0.2) is 28.9 Å². The Balaban J connectivity index is 1.42. The highest BCUT2D eigenvalue weighted by molar-refractivity contribution is 7.17. The average molecular weight is 494 g/mol. The summed E-state index contributed by atoms with van der Waals surface area (Å²) in [5.41, 5.74) is 1.12. The first-order valence-corrected chi connectivity index (χ1v) is 11.8. The number of rotatable bonds is 7. The van der Waals surface area contributed by atoms with Gasteiger partial charge in [-0.25, -0.2) is 4.79 Å². The number of fused-ring (bicyclic) bond motifs is 2. The van der Waals surface area contributed by atoms with Gasteiger partial charge < -0.3 is 19.5 Å². The van der Waals surface area contributed by atoms with Gasteiger partial charge in [-0.3, -0.25) is 18.7 Å². The molecule has 0 fully saturated rings. The molecule has 5 rings (SSSR count). The summed E-state index contributed by atoms with van der Waals surface area (Å²) < 4.78 is 18.8. The van der Waals surface area contributed by atoms with Crippen LogP contribution >= 0.6 is 11.3 Å². The van der Waals surface area contributed by atoms with Gasteiger partial charge in [0.05, 0.1) is 25.2 Å². The van der Waals surface area contributed by atoms with Gasteiger partial charge >= 0.3 is 5.69 Å². The molecular weight excluding hydrogens is 470 g/mol. The van der Waals surface area contributed by atoms with Gasteiger partial charge in [0.15, 0.2) is 11.5 Å². The minimum Gasteiger partial charge on any atom is -0.497 e. The van der Waals surface area contributed by atoms with E-state index in [9.17, 15) is 14.4 Å². The van der Waals surface area contributed by atoms with Crippen molar-refractivity contribution in [3.05, 3.63) is 85.9 Å². The van der Waals surface area contributed by atoms with Crippen molar-refractivity contribution in [2.45, 2.75) is 26.1 Å². The fourth-order valence-electron chi connectivity index (χ4n) is 4.05. The number of hydrogen-bond acceptors (Lipinski definition) is 7. The number of carbonyl (C=O) groups excluding carboxylic acids is 1. The quantitative estimate of drug-likeness (QED) is 0.425. The van der Waals surface area contributed by atoms with Crippen LogP contribution in [0.1, 0.15) is 24.1 Å². The van der Waals surface area contributed by atoms with Gasteiger partial charge in [0.25, 0.3) is 5.56 Å². The highest BCUT2D eigenvalue weighted by Gasteiger charge is 2.19. The summed E-state index contributed by atoms with van der Waals surface area (Å²) in [6, 6.07) is 14.1. The minimum absolute atomic E-state index is 0.0476. The summed E-state index contributed by atoms with van der Waals surface area (Å²) in [5, 5.41) is 4.67. The van der Waals surface area contributed by atoms with Crippen LogP contribution in [0.5, 0.6) is 17.2 Å². The Morgan fingerprint density at radius 3 is 2.63 bits per heavy atom. The van der Waals surface area contributed by atoms with Crippen LogP contribution in [0, 0.1) is 0 Å². The molecule has 0 aliphatic carbocycles. The van der Waals surface area contributed by atoms with E-state index in [-0.39, 0.29) is 37.4 Å². The van der Waals surface area contributed by atoms with Gasteiger partial charge in [0.2, 0.25) is 12.7 Å². The van der Waals surface area contributed by atoms with Crippen molar-refractivity contribution in [2.24, 2.45) is 0 Å². The SMILES string of the molecule is COc1ccc([C@@H](C)NC(=O)Cn2c(=O)n(Cc3ccc4c(c3)OCO4)c(=O)c3sccc32)cc1. The van der Waals surface area contributed by atoms with Gasteiger partial charge in [-0.1, -0.05) is 18.2 Å². The molecule has 35 heavy (non-hydrogen) atoms. The molecule has 0 unspecified atom stereocenters. The molecule has 1 N–H and O–H groups in total. The van der Waals surface area contributed by atoms with Crippen molar-refractivity contribution >= 4 is 27.5 Å². The smallest absolute Gasteiger partial charge is 0.332 e. The van der Waals surface area contributed by atoms with E-state index in [4.69, 9.17) is 14.2 Å². The zero-order valence-corrected chi connectivity index (χ0v) is 20.0. The second kappa shape index (κ2) is 9.30. The average Bonchev–Trinajstić information content (AvgIpc) is 3.54. The largest absolute Gasteiger partial charge is 0.497 e. The number of nitrogens with zero attached hydrogens (tertiary/aromatic N) is 2. The summed E-state index contributed by atoms with van der Waals surface area (Å²) >= 11 is 1.24. The number of methoxy groups -OCH3 is 1. The number of carbonyl (C=O) groups is 1. The lowest BCUT2D eigenvalue weighted by Gasteiger charge is -2.16. The van der Waals surface area contributed by atoms with Crippen LogP contribution in [0.4, 0.5) is 0 Å². The molecule has 180 valence electrons. The number of benzene rings is 2. The molecule has 3 heterocycles. The van der Waals surface area contributed by atoms with Crippen LogP contribution in [0.25, 0.3) is 10.2 Å². The summed E-state index contributed by atoms with van der Waals surface area (Å²) in [5.74, 6) is 1.58. The molecule has 1 aliphatic rings. The Morgan fingerprint density at radius 2 is 1.86 bits per heavy atom. The molecule has 0 saturated carbocycles. The fraction of sp³-hybridized carbons (Fsp3) is 0.240. The van der Waals surface area contributed by atoms with Gasteiger partial charge in [-0.2, -0.15) is 0 Å². The summed E-state index contributed by atoms with van der Waals surface area (Å²) in [4.78, 5) is 39.4. The standard InChI is InChI=1S/C25H23N3O6S/c1-15(17-4-6-18(32-2)7-5-17)26-22(29)13-27-19-9-10-35-23(19)24(30)28(25(27)31)12-16-3-8-20-21(11-16)34-14-33-20/h3-11,15H,12-14H2,1-2H3,(H,26,29)/t15-/m1/s1. The van der Waals surface area contributed by atoms with E-state index in [2.05, 4.69) is 5.32 Å². The summed E-state index contributed by atoms with van der Waals surface area (Å²) in [7, 11) is 1.59. The molecule has 0 radical (unpaired) electrons. The molecule has 2 aromatic heterocycles. The zero-order valence-electron chi connectivity index (χ0n) is 19.1. The molecule has 9 nitrogen and oxygen atoms in total. The highest BCUT2D eigenvalue weighted by atomic mass is 32.1. The van der Waals surface area contributed by atoms with Crippen LogP contribution in [0.2, 0.25) is 0 Å². The summed E-state index contributed by atoms with van der Waals surface area (Å²) in [6.07, 6.45) is 0. The third-order valence-electron chi connectivity index (χ3n) is 5.91. The van der Waals surface area contributed by atoms with E-state index < -0.39 is 5.69 Å². The zero-order chi connectivity index (χ0) is 24.5. The number of nitrogens with one attached hydrogen (secondary N) is 1. The van der Waals surface area contributed by atoms with E-state index in [1.807, 2.05) is 31.2 Å². The van der Waals surface area contributed by atoms with Gasteiger partial charge in [0.1, 0.15) is 17.0 Å². The molecule has 0 saturated heterocycles. The number of ether oxygens (including phenoxy) is 3. The van der Waals surface area contributed by atoms with Crippen LogP contribution < -0.4 is 30.8 Å². The molecule has 1 aliphatic heterocycles. The number of hydrogen-bond donors (Lipinski definition) is 1. The van der Waals surface area contributed by atoms with Gasteiger partial charge in [-0.05, 0) is 53.8 Å². The van der Waals surface area contributed by atoms with Crippen molar-refractivity contribution in [1.82, 2.24) is 14.5 Å². The van der Waals surface area contributed by atoms with Crippen LogP contribution in [0.15, 0.2) is 63.5 Å². The monoisotopic (exact) mass is 493 g/mol. The Hall–Kier alpha value is -4.05. The molecule has 0 spiro atoms. The Labute approximate surface area is 204 Å². The van der Waals surface area contributed by atoms with Crippen molar-refractivity contribution in [3.63, 3.8) is 0 Å². The third kappa shape index (κ3) is 4.40. The van der Waals surface area contributed by atoms with E-state index in [1.165, 1.54) is 15.9 Å². The van der Waals surface area contributed by atoms with Crippen molar-refractivity contribution in [2.75, 3.05) is 13.9 Å². The highest BCUT2D eigenvalue weighted by Crippen LogP contribution is 2.32. The number of aromatic nitrogens is 2. The van der Waals surface area contributed by atoms with E-state index in [0.717, 1.165) is 15.9 Å². The van der Waals surface area contributed by atoms with Crippen molar-refractivity contribution in [3.8, 4) is 17.2 Å². The molecule has 1 amide bonds. The molecule has 10 heteroatoms. The van der Waals surface area contributed by atoms with Crippen molar-refractivity contribution < 1.29 is 19.0 Å². The predicted octanol–water partition coefficient (Wildman–Crippen LogP) is 2.89. The van der Waals surface area contributed by atoms with Gasteiger partial charge in [-0.15, -0.1) is 11.3 Å². The lowest BCUT2D eigenvalue weighted by molar-refractivity contribution is -0.122. The molecular formula is C25H23N3O6S. The first-order valence-electron chi connectivity index (χ1n) is 11.0. The maximum absolute atomic E-state index is 13.4. The summed E-state index contributed by atoms with van der Waals surface area (Å²) in [6.45, 7) is 1.83. The Bertz CT molecular complexity index is 1520. The maximum atomic E-state index is 13.4. The molecule has 4 aromatic rings. The maximum Gasteiger partial charge on any atom is 0.332 e. The topological polar surface area (TPSA) is 101 Å². The first-order chi connectivity index (χ1) is 16.9. The Kier molecular flexibility index (Phi) is 6.04. The molecule has 0 bridgehead atoms. The molecule has 2 aromatic carbocycles. The van der Waals surface area contributed by atoms with E-state index in [1.54, 1.807) is 36.8 Å². The third-order valence-corrected chi connectivity index (χ3v) is 6.80. The lowest BCUT2D eigenvalue weighted by Crippen LogP contribution is -2.42. The van der Waals surface area contributed by atoms with Crippen LogP contribution in [0.3, 0.4) is 0 Å². The number of thiophene rings is 1. The molecule has 1 atom stereocenters. The number of amides is 1.